The third-order valence-electron chi connectivity index (χ3n) is 5.10. The second kappa shape index (κ2) is 9.58. The van der Waals surface area contributed by atoms with Crippen molar-refractivity contribution >= 4 is 81.2 Å². The molecule has 0 aliphatic heterocycles. The lowest BCUT2D eigenvalue weighted by Gasteiger charge is -2.27. The molecule has 3 rings (SSSR count). The van der Waals surface area contributed by atoms with Crippen molar-refractivity contribution in [2.75, 3.05) is 10.6 Å². The maximum atomic E-state index is 13.6. The maximum Gasteiger partial charge on any atom is 0.460 e. The lowest BCUT2D eigenvalue weighted by atomic mass is 10.1. The summed E-state index contributed by atoms with van der Waals surface area (Å²) in [5.41, 5.74) is -0.548. The zero-order valence-electron chi connectivity index (χ0n) is 17.0. The van der Waals surface area contributed by atoms with Crippen molar-refractivity contribution in [2.45, 2.75) is 28.3 Å². The highest BCUT2D eigenvalue weighted by Crippen LogP contribution is 2.65. The van der Waals surface area contributed by atoms with Crippen molar-refractivity contribution in [1.29, 1.82) is 0 Å². The highest BCUT2D eigenvalue weighted by Gasteiger charge is 2.76. The van der Waals surface area contributed by atoms with E-state index < -0.39 is 56.7 Å². The smallest absolute Gasteiger partial charge is 0.326 e. The molecule has 0 aromatic heterocycles. The highest BCUT2D eigenvalue weighted by molar-refractivity contribution is 6.53. The second-order valence-corrected chi connectivity index (χ2v) is 10.3. The number of benzene rings is 2. The summed E-state index contributed by atoms with van der Waals surface area (Å²) >= 11 is 30.1. The van der Waals surface area contributed by atoms with Crippen LogP contribution in [0.4, 0.5) is 42.1 Å². The molecular formula is C20H10Cl5F7N2O2. The van der Waals surface area contributed by atoms with E-state index in [9.17, 15) is 40.3 Å². The van der Waals surface area contributed by atoms with Crippen molar-refractivity contribution in [3.05, 3.63) is 57.0 Å². The lowest BCUT2D eigenvalue weighted by Crippen LogP contribution is -2.57. The van der Waals surface area contributed by atoms with Gasteiger partial charge < -0.3 is 10.6 Å². The van der Waals surface area contributed by atoms with E-state index in [1.54, 1.807) is 0 Å². The van der Waals surface area contributed by atoms with Crippen LogP contribution in [0.2, 0.25) is 15.1 Å². The summed E-state index contributed by atoms with van der Waals surface area (Å²) in [5.74, 6) is -18.4. The molecule has 2 aromatic rings. The van der Waals surface area contributed by atoms with Crippen LogP contribution in [-0.2, 0) is 9.59 Å². The highest BCUT2D eigenvalue weighted by atomic mass is 35.5. The fourth-order valence-corrected chi connectivity index (χ4v) is 4.80. The monoisotopic (exact) mass is 618 g/mol. The van der Waals surface area contributed by atoms with Crippen LogP contribution in [0, 0.1) is 5.92 Å². The first-order valence-corrected chi connectivity index (χ1v) is 11.3. The number of nitrogens with one attached hydrogen (secondary N) is 2. The van der Waals surface area contributed by atoms with Gasteiger partial charge in [0.25, 0.3) is 0 Å². The number of halogens is 12. The predicted octanol–water partition coefficient (Wildman–Crippen LogP) is 7.94. The quantitative estimate of drug-likeness (QED) is 0.255. The number of hydrogen-bond donors (Lipinski definition) is 2. The summed E-state index contributed by atoms with van der Waals surface area (Å²) in [6, 6.07) is 7.26. The molecule has 0 bridgehead atoms. The number of amides is 2. The van der Waals surface area contributed by atoms with Crippen LogP contribution in [0.15, 0.2) is 36.4 Å². The number of alkyl halides is 9. The van der Waals surface area contributed by atoms with E-state index in [0.717, 1.165) is 18.2 Å². The average molecular weight is 621 g/mol. The van der Waals surface area contributed by atoms with E-state index in [1.807, 2.05) is 0 Å². The molecule has 0 radical (unpaired) electrons. The van der Waals surface area contributed by atoms with E-state index in [-0.39, 0.29) is 15.7 Å². The van der Waals surface area contributed by atoms with Crippen LogP contribution >= 0.6 is 58.0 Å². The molecule has 4 nitrogen and oxygen atoms in total. The van der Waals surface area contributed by atoms with Gasteiger partial charge in [-0.1, -0.05) is 34.8 Å². The summed E-state index contributed by atoms with van der Waals surface area (Å²) in [4.78, 5) is 24.4. The minimum atomic E-state index is -6.71. The van der Waals surface area contributed by atoms with Crippen LogP contribution in [0.25, 0.3) is 0 Å². The van der Waals surface area contributed by atoms with Gasteiger partial charge >= 0.3 is 23.9 Å². The fourth-order valence-electron chi connectivity index (χ4n) is 3.26. The standard InChI is InChI=1S/C20H10Cl5F7N2O2/c21-8-3-7(4-9(22)5-8)13-14(17(13,24)25)15(35)33-10-1-2-11(23)12(6-10)34-16(36)18(26,27)19(28,29)20(30,31)32/h1-6,13-14H,(H,33,35)(H,34,36). The van der Waals surface area contributed by atoms with Crippen molar-refractivity contribution in [2.24, 2.45) is 5.92 Å². The molecule has 16 heteroatoms. The molecular weight excluding hydrogens is 610 g/mol. The first-order chi connectivity index (χ1) is 16.3. The van der Waals surface area contributed by atoms with Crippen LogP contribution in [0.1, 0.15) is 11.5 Å². The largest absolute Gasteiger partial charge is 0.460 e. The second-order valence-electron chi connectivity index (χ2n) is 7.62. The normalized spacial score (nSPS) is 19.6. The molecule has 36 heavy (non-hydrogen) atoms. The van der Waals surface area contributed by atoms with Gasteiger partial charge in [0.05, 0.1) is 16.6 Å². The van der Waals surface area contributed by atoms with Crippen LogP contribution in [-0.4, -0.2) is 34.2 Å². The molecule has 0 spiro atoms. The summed E-state index contributed by atoms with van der Waals surface area (Å²) in [7, 11) is 0. The van der Waals surface area contributed by atoms with E-state index in [2.05, 4.69) is 5.32 Å². The Morgan fingerprint density at radius 1 is 0.833 bits per heavy atom. The maximum absolute atomic E-state index is 13.6. The molecule has 1 fully saturated rings. The molecule has 1 aliphatic rings. The third-order valence-corrected chi connectivity index (χ3v) is 6.80. The Hall–Kier alpha value is -1.66. The molecule has 2 aromatic carbocycles. The Morgan fingerprint density at radius 2 is 1.39 bits per heavy atom. The van der Waals surface area contributed by atoms with Gasteiger partial charge in [0, 0.05) is 21.7 Å². The molecule has 2 amide bonds. The van der Waals surface area contributed by atoms with Gasteiger partial charge in [0.1, 0.15) is 4.33 Å². The van der Waals surface area contributed by atoms with Crippen molar-refractivity contribution < 1.29 is 40.3 Å². The minimum Gasteiger partial charge on any atom is -0.326 e. The van der Waals surface area contributed by atoms with E-state index >= 15 is 0 Å². The molecule has 0 heterocycles. The van der Waals surface area contributed by atoms with Gasteiger partial charge in [0.15, 0.2) is 0 Å². The molecule has 196 valence electrons. The first kappa shape index (κ1) is 28.9. The van der Waals surface area contributed by atoms with E-state index in [0.29, 0.717) is 5.56 Å². The Morgan fingerprint density at radius 3 is 1.92 bits per heavy atom. The van der Waals surface area contributed by atoms with Gasteiger partial charge in [0.2, 0.25) is 5.91 Å². The number of anilines is 2. The number of carbonyl (C=O) groups excluding carboxylic acids is 2. The van der Waals surface area contributed by atoms with Crippen molar-refractivity contribution in [3.63, 3.8) is 0 Å². The van der Waals surface area contributed by atoms with Gasteiger partial charge in [-0.15, -0.1) is 23.2 Å². The Bertz CT molecular complexity index is 1200. The van der Waals surface area contributed by atoms with Crippen LogP contribution in [0.5, 0.6) is 0 Å². The Labute approximate surface area is 223 Å². The fraction of sp³-hybridized carbons (Fsp3) is 0.300. The van der Waals surface area contributed by atoms with Gasteiger partial charge in [-0.2, -0.15) is 30.7 Å². The molecule has 0 saturated heterocycles. The van der Waals surface area contributed by atoms with Crippen LogP contribution in [0.3, 0.4) is 0 Å². The number of rotatable bonds is 6. The lowest BCUT2D eigenvalue weighted by molar-refractivity contribution is -0.343. The topological polar surface area (TPSA) is 58.2 Å². The number of hydrogen-bond acceptors (Lipinski definition) is 2. The minimum absolute atomic E-state index is 0.204. The van der Waals surface area contributed by atoms with Gasteiger partial charge in [-0.25, -0.2) is 0 Å². The van der Waals surface area contributed by atoms with E-state index in [1.165, 1.54) is 23.5 Å². The predicted molar refractivity (Wildman–Crippen MR) is 122 cm³/mol. The molecule has 1 aliphatic carbocycles. The third kappa shape index (κ3) is 5.31. The SMILES string of the molecule is O=C(Nc1ccc(Cl)c(NC(=O)C(F)(F)C(F)(F)C(F)(F)F)c1)C1C(c2cc(Cl)cc(Cl)c2)C1(Cl)Cl. The van der Waals surface area contributed by atoms with E-state index in [4.69, 9.17) is 58.0 Å². The summed E-state index contributed by atoms with van der Waals surface area (Å²) in [6.07, 6.45) is -6.71. The van der Waals surface area contributed by atoms with Crippen molar-refractivity contribution in [1.82, 2.24) is 0 Å². The Kier molecular flexibility index (Phi) is 7.69. The zero-order chi connectivity index (χ0) is 27.4. The zero-order valence-corrected chi connectivity index (χ0v) is 20.8. The molecule has 2 N–H and O–H groups in total. The van der Waals surface area contributed by atoms with Crippen molar-refractivity contribution in [3.8, 4) is 0 Å². The summed E-state index contributed by atoms with van der Waals surface area (Å²) in [6.45, 7) is 0. The molecule has 2 atom stereocenters. The first-order valence-electron chi connectivity index (χ1n) is 9.38. The number of carbonyl (C=O) groups is 2. The van der Waals surface area contributed by atoms with Crippen LogP contribution < -0.4 is 10.6 Å². The summed E-state index contributed by atoms with van der Waals surface area (Å²) in [5, 5.41) is 3.53. The van der Waals surface area contributed by atoms with Gasteiger partial charge in [-0.05, 0) is 42.0 Å². The molecule has 2 unspecified atom stereocenters. The average Bonchev–Trinajstić information content (AvgIpc) is 3.30. The molecule has 1 saturated carbocycles. The van der Waals surface area contributed by atoms with Gasteiger partial charge in [-0.3, -0.25) is 9.59 Å². The Balaban J connectivity index is 1.79. The summed E-state index contributed by atoms with van der Waals surface area (Å²) < 4.78 is 89.0.